The topological polar surface area (TPSA) is 90.1 Å². The number of fused-ring (bicyclic) bond motifs is 1. The molecule has 0 unspecified atom stereocenters. The zero-order valence-electron chi connectivity index (χ0n) is 14.0. The molecule has 1 saturated heterocycles. The van der Waals surface area contributed by atoms with Crippen molar-refractivity contribution in [3.63, 3.8) is 0 Å². The second-order valence-corrected chi connectivity index (χ2v) is 6.49. The van der Waals surface area contributed by atoms with Crippen molar-refractivity contribution in [3.8, 4) is 0 Å². The van der Waals surface area contributed by atoms with Crippen molar-refractivity contribution < 1.29 is 9.59 Å². The summed E-state index contributed by atoms with van der Waals surface area (Å²) in [6, 6.07) is 7.05. The van der Waals surface area contributed by atoms with Crippen LogP contribution in [-0.4, -0.2) is 46.5 Å². The molecule has 0 saturated carbocycles. The average molecular weight is 339 g/mol. The maximum Gasteiger partial charge on any atom is 0.276 e. The predicted octanol–water partition coefficient (Wildman–Crippen LogP) is 1.54. The summed E-state index contributed by atoms with van der Waals surface area (Å²) in [6.07, 6.45) is 2.99. The Hall–Kier alpha value is -2.67. The summed E-state index contributed by atoms with van der Waals surface area (Å²) in [7, 11) is 0. The number of amides is 2. The Morgan fingerprint density at radius 1 is 1.12 bits per heavy atom. The number of hydrogen-bond donors (Lipinski definition) is 3. The van der Waals surface area contributed by atoms with Gasteiger partial charge in [-0.05, 0) is 37.1 Å². The smallest absolute Gasteiger partial charge is 0.276 e. The van der Waals surface area contributed by atoms with Gasteiger partial charge in [0.2, 0.25) is 0 Å². The van der Waals surface area contributed by atoms with Crippen LogP contribution in [0.5, 0.6) is 0 Å². The molecule has 0 spiro atoms. The Kier molecular flexibility index (Phi) is 4.23. The molecule has 2 aliphatic heterocycles. The first-order valence-corrected chi connectivity index (χ1v) is 8.70. The van der Waals surface area contributed by atoms with Crippen LogP contribution in [0.2, 0.25) is 0 Å². The molecule has 0 bridgehead atoms. The van der Waals surface area contributed by atoms with E-state index < -0.39 is 0 Å². The van der Waals surface area contributed by atoms with Crippen LogP contribution in [-0.2, 0) is 13.0 Å². The summed E-state index contributed by atoms with van der Waals surface area (Å²) >= 11 is 0. The van der Waals surface area contributed by atoms with Gasteiger partial charge in [-0.2, -0.15) is 5.10 Å². The number of H-pyrrole nitrogens is 1. The lowest BCUT2D eigenvalue weighted by Crippen LogP contribution is -2.27. The molecule has 25 heavy (non-hydrogen) atoms. The fourth-order valence-corrected chi connectivity index (χ4v) is 3.40. The molecule has 7 nitrogen and oxygen atoms in total. The first kappa shape index (κ1) is 15.8. The Balaban J connectivity index is 1.45. The third-order valence-corrected chi connectivity index (χ3v) is 4.80. The lowest BCUT2D eigenvalue weighted by molar-refractivity contribution is 0.0792. The first-order valence-electron chi connectivity index (χ1n) is 8.70. The number of nitrogens with zero attached hydrogens (tertiary/aromatic N) is 2. The molecule has 2 aliphatic rings. The summed E-state index contributed by atoms with van der Waals surface area (Å²) < 4.78 is 0. The molecule has 7 heteroatoms. The van der Waals surface area contributed by atoms with Gasteiger partial charge in [0.25, 0.3) is 11.8 Å². The lowest BCUT2D eigenvalue weighted by atomic mass is 10.1. The third-order valence-electron chi connectivity index (χ3n) is 4.80. The molecule has 1 aromatic carbocycles. The highest BCUT2D eigenvalue weighted by Crippen LogP contribution is 2.18. The van der Waals surface area contributed by atoms with E-state index >= 15 is 0 Å². The van der Waals surface area contributed by atoms with Crippen molar-refractivity contribution in [3.05, 3.63) is 46.8 Å². The van der Waals surface area contributed by atoms with E-state index in [9.17, 15) is 9.59 Å². The molecule has 1 fully saturated rings. The van der Waals surface area contributed by atoms with Crippen LogP contribution < -0.4 is 10.6 Å². The second kappa shape index (κ2) is 6.68. The zero-order valence-corrected chi connectivity index (χ0v) is 14.0. The van der Waals surface area contributed by atoms with E-state index in [0.717, 1.165) is 50.2 Å². The van der Waals surface area contributed by atoms with Crippen LogP contribution >= 0.6 is 0 Å². The van der Waals surface area contributed by atoms with E-state index in [-0.39, 0.29) is 11.8 Å². The van der Waals surface area contributed by atoms with Gasteiger partial charge in [-0.25, -0.2) is 0 Å². The van der Waals surface area contributed by atoms with Gasteiger partial charge in [-0.15, -0.1) is 0 Å². The van der Waals surface area contributed by atoms with Crippen LogP contribution in [0.25, 0.3) is 0 Å². The normalized spacial score (nSPS) is 16.6. The van der Waals surface area contributed by atoms with Crippen molar-refractivity contribution in [1.82, 2.24) is 20.4 Å². The largest absolute Gasteiger partial charge is 0.339 e. The van der Waals surface area contributed by atoms with Crippen LogP contribution in [0.4, 0.5) is 5.69 Å². The maximum atomic E-state index is 12.5. The Morgan fingerprint density at radius 3 is 2.64 bits per heavy atom. The van der Waals surface area contributed by atoms with Gasteiger partial charge in [0, 0.05) is 55.1 Å². The number of carbonyl (C=O) groups is 2. The summed E-state index contributed by atoms with van der Waals surface area (Å²) in [5.41, 5.74) is 3.70. The average Bonchev–Trinajstić information content (AvgIpc) is 3.31. The lowest BCUT2D eigenvalue weighted by Gasteiger charge is -2.15. The summed E-state index contributed by atoms with van der Waals surface area (Å²) in [5, 5.41) is 13.2. The predicted molar refractivity (Wildman–Crippen MR) is 93.5 cm³/mol. The second-order valence-electron chi connectivity index (χ2n) is 6.49. The van der Waals surface area contributed by atoms with Gasteiger partial charge < -0.3 is 15.5 Å². The summed E-state index contributed by atoms with van der Waals surface area (Å²) in [6.45, 7) is 3.20. The number of nitrogens with one attached hydrogen (secondary N) is 3. The van der Waals surface area contributed by atoms with Crippen molar-refractivity contribution in [2.24, 2.45) is 0 Å². The number of rotatable bonds is 3. The Bertz CT molecular complexity index is 790. The van der Waals surface area contributed by atoms with E-state index in [1.165, 1.54) is 0 Å². The first-order chi connectivity index (χ1) is 12.2. The highest BCUT2D eigenvalue weighted by molar-refractivity contribution is 6.04. The quantitative estimate of drug-likeness (QED) is 0.791. The van der Waals surface area contributed by atoms with Crippen LogP contribution in [0.15, 0.2) is 24.3 Å². The molecule has 3 heterocycles. The van der Waals surface area contributed by atoms with Gasteiger partial charge >= 0.3 is 0 Å². The molecular weight excluding hydrogens is 318 g/mol. The third kappa shape index (κ3) is 3.15. The number of benzene rings is 1. The van der Waals surface area contributed by atoms with E-state index in [1.54, 1.807) is 24.3 Å². The molecule has 2 aromatic rings. The van der Waals surface area contributed by atoms with Crippen molar-refractivity contribution in [2.45, 2.75) is 25.8 Å². The molecule has 0 radical (unpaired) electrons. The number of carbonyl (C=O) groups excluding carboxylic acids is 2. The van der Waals surface area contributed by atoms with Crippen LogP contribution in [0.1, 0.15) is 44.9 Å². The fraction of sp³-hybridized carbons (Fsp3) is 0.389. The minimum Gasteiger partial charge on any atom is -0.339 e. The molecule has 0 atom stereocenters. The summed E-state index contributed by atoms with van der Waals surface area (Å²) in [4.78, 5) is 26.7. The van der Waals surface area contributed by atoms with E-state index in [4.69, 9.17) is 0 Å². The standard InChI is InChI=1S/C18H21N5O2/c24-17(16-14-11-19-8-7-15(14)21-22-16)20-13-5-3-12(4-6-13)18(25)23-9-1-2-10-23/h3-6,19H,1-2,7-11H2,(H,20,24)(H,21,22). The van der Waals surface area contributed by atoms with Crippen LogP contribution in [0.3, 0.4) is 0 Å². The van der Waals surface area contributed by atoms with Gasteiger partial charge in [-0.3, -0.25) is 14.7 Å². The zero-order chi connectivity index (χ0) is 17.2. The van der Waals surface area contributed by atoms with Crippen molar-refractivity contribution >= 4 is 17.5 Å². The van der Waals surface area contributed by atoms with E-state index in [1.807, 2.05) is 4.90 Å². The highest BCUT2D eigenvalue weighted by Gasteiger charge is 2.22. The monoisotopic (exact) mass is 339 g/mol. The molecule has 130 valence electrons. The molecule has 3 N–H and O–H groups in total. The Morgan fingerprint density at radius 2 is 1.88 bits per heavy atom. The Labute approximate surface area is 145 Å². The molecular formula is C18H21N5O2. The van der Waals surface area contributed by atoms with E-state index in [2.05, 4.69) is 20.8 Å². The minimum atomic E-state index is -0.236. The fourth-order valence-electron chi connectivity index (χ4n) is 3.40. The van der Waals surface area contributed by atoms with Gasteiger partial charge in [0.05, 0.1) is 0 Å². The van der Waals surface area contributed by atoms with Gasteiger partial charge in [0.1, 0.15) is 0 Å². The van der Waals surface area contributed by atoms with Crippen molar-refractivity contribution in [2.75, 3.05) is 25.0 Å². The molecule has 4 rings (SSSR count). The highest BCUT2D eigenvalue weighted by atomic mass is 16.2. The molecule has 2 amide bonds. The molecule has 1 aromatic heterocycles. The number of likely N-dealkylation sites (tertiary alicyclic amines) is 1. The van der Waals surface area contributed by atoms with Gasteiger partial charge in [0.15, 0.2) is 5.69 Å². The number of aromatic nitrogens is 2. The van der Waals surface area contributed by atoms with Crippen LogP contribution in [0, 0.1) is 0 Å². The number of aromatic amines is 1. The summed E-state index contributed by atoms with van der Waals surface area (Å²) in [5.74, 6) is -0.178. The number of hydrogen-bond acceptors (Lipinski definition) is 4. The minimum absolute atomic E-state index is 0.0582. The van der Waals surface area contributed by atoms with Crippen molar-refractivity contribution in [1.29, 1.82) is 0 Å². The van der Waals surface area contributed by atoms with Gasteiger partial charge in [-0.1, -0.05) is 0 Å². The van der Waals surface area contributed by atoms with E-state index in [0.29, 0.717) is 23.5 Å². The maximum absolute atomic E-state index is 12.5. The molecule has 0 aliphatic carbocycles. The number of anilines is 1. The SMILES string of the molecule is O=C(Nc1ccc(C(=O)N2CCCC2)cc1)c1n[nH]c2c1CNCC2.